The lowest BCUT2D eigenvalue weighted by Crippen LogP contribution is -2.25. The molecule has 5 rings (SSSR count). The van der Waals surface area contributed by atoms with E-state index in [0.717, 1.165) is 0 Å². The van der Waals surface area contributed by atoms with Crippen LogP contribution in [0.3, 0.4) is 0 Å². The third kappa shape index (κ3) is 8.02. The largest absolute Gasteiger partial charge is 0.539 e. The molecule has 3 nitrogen and oxygen atoms in total. The van der Waals surface area contributed by atoms with Crippen LogP contribution in [0.4, 0.5) is 0 Å². The van der Waals surface area contributed by atoms with Crippen molar-refractivity contribution in [1.82, 2.24) is 9.34 Å². The molecule has 1 fully saturated rings. The van der Waals surface area contributed by atoms with Crippen LogP contribution < -0.4 is 0 Å². The van der Waals surface area contributed by atoms with Crippen molar-refractivity contribution in [3.8, 4) is 0 Å². The van der Waals surface area contributed by atoms with E-state index >= 15 is 4.57 Å². The van der Waals surface area contributed by atoms with Gasteiger partial charge in [0.1, 0.15) is 12.1 Å². The number of rotatable bonds is 6. The van der Waals surface area contributed by atoms with Crippen molar-refractivity contribution in [3.63, 3.8) is 0 Å². The van der Waals surface area contributed by atoms with E-state index in [9.17, 15) is 0 Å². The second-order valence-corrected chi connectivity index (χ2v) is 19.5. The summed E-state index contributed by atoms with van der Waals surface area (Å²) in [6.07, 6.45) is 0. The van der Waals surface area contributed by atoms with Gasteiger partial charge in [-0.05, 0) is 70.7 Å². The summed E-state index contributed by atoms with van der Waals surface area (Å²) in [5.41, 5.74) is 10.1. The smallest absolute Gasteiger partial charge is 0.0650 e. The molecule has 0 unspecified atom stereocenters. The lowest BCUT2D eigenvalue weighted by Gasteiger charge is -2.27. The molecule has 0 aromatic heterocycles. The second-order valence-electron chi connectivity index (χ2n) is 18.0. The zero-order valence-corrected chi connectivity index (χ0v) is 32.5. The molecule has 1 aliphatic rings. The van der Waals surface area contributed by atoms with E-state index in [-0.39, 0.29) is 33.7 Å². The average molecular weight is 662 g/mol. The van der Waals surface area contributed by atoms with E-state index in [2.05, 4.69) is 189 Å². The summed E-state index contributed by atoms with van der Waals surface area (Å²) in [6.45, 7) is 28.6. The Morgan fingerprint density at radius 1 is 0.458 bits per heavy atom. The third-order valence-electron chi connectivity index (χ3n) is 9.80. The minimum absolute atomic E-state index is 0.00346. The molecule has 2 atom stereocenters. The van der Waals surface area contributed by atoms with Crippen molar-refractivity contribution >= 4 is 8.10 Å². The summed E-state index contributed by atoms with van der Waals surface area (Å²) in [5.74, 6) is 0. The molecule has 0 amide bonds. The maximum atomic E-state index is 15.2. The van der Waals surface area contributed by atoms with Gasteiger partial charge in [-0.25, -0.2) is 0 Å². The highest BCUT2D eigenvalue weighted by atomic mass is 31.1. The van der Waals surface area contributed by atoms with Crippen LogP contribution in [0.1, 0.15) is 140 Å². The summed E-state index contributed by atoms with van der Waals surface area (Å²) in [5, 5.41) is 0. The van der Waals surface area contributed by atoms with Crippen LogP contribution in [-0.2, 0) is 39.3 Å². The van der Waals surface area contributed by atoms with E-state index in [1.807, 2.05) is 0 Å². The Labute approximate surface area is 292 Å². The first-order valence-corrected chi connectivity index (χ1v) is 18.8. The van der Waals surface area contributed by atoms with Crippen LogP contribution in [0, 0.1) is 0 Å². The van der Waals surface area contributed by atoms with E-state index in [0.29, 0.717) is 13.1 Å². The maximum absolute atomic E-state index is 15.2. The summed E-state index contributed by atoms with van der Waals surface area (Å²) >= 11 is 0. The molecule has 4 heteroatoms. The summed E-state index contributed by atoms with van der Waals surface area (Å²) in [4.78, 5) is 0. The Hall–Kier alpha value is -3.10. The zero-order valence-electron chi connectivity index (χ0n) is 31.6. The predicted octanol–water partition coefficient (Wildman–Crippen LogP) is 12.3. The van der Waals surface area contributed by atoms with Crippen LogP contribution in [-0.4, -0.2) is 9.34 Å². The van der Waals surface area contributed by atoms with E-state index in [1.165, 1.54) is 44.5 Å². The lowest BCUT2D eigenvalue weighted by molar-refractivity contribution is 0.263. The fraction of sp³-hybridized carbons (Fsp3) is 0.455. The van der Waals surface area contributed by atoms with Crippen molar-refractivity contribution in [2.24, 2.45) is 0 Å². The second kappa shape index (κ2) is 13.3. The van der Waals surface area contributed by atoms with Gasteiger partial charge in [0, 0.05) is 0 Å². The normalized spacial score (nSPS) is 18.5. The molecular weight excluding hydrogens is 603 g/mol. The summed E-state index contributed by atoms with van der Waals surface area (Å²) < 4.78 is 19.8. The van der Waals surface area contributed by atoms with E-state index in [4.69, 9.17) is 0 Å². The highest BCUT2D eigenvalue weighted by Crippen LogP contribution is 2.59. The minimum Gasteiger partial charge on any atom is -0.0650 e. The monoisotopic (exact) mass is 661 g/mol. The van der Waals surface area contributed by atoms with Gasteiger partial charge in [0.05, 0.1) is 13.1 Å². The number of benzene rings is 4. The van der Waals surface area contributed by atoms with Gasteiger partial charge in [-0.15, -0.1) is 0 Å². The molecule has 0 spiro atoms. The van der Waals surface area contributed by atoms with Crippen LogP contribution in [0.25, 0.3) is 0 Å². The van der Waals surface area contributed by atoms with Gasteiger partial charge in [-0.1, -0.05) is 189 Å². The van der Waals surface area contributed by atoms with E-state index in [1.54, 1.807) is 0 Å². The van der Waals surface area contributed by atoms with Crippen molar-refractivity contribution in [1.29, 1.82) is 0 Å². The van der Waals surface area contributed by atoms with Gasteiger partial charge in [-0.3, -0.25) is 0 Å². The molecular formula is C44H58N2OP+. The van der Waals surface area contributed by atoms with Crippen LogP contribution >= 0.6 is 8.10 Å². The fourth-order valence-electron chi connectivity index (χ4n) is 6.69. The SMILES string of the molecule is CC(C)(C)c1cc(CN2[C@@H](c3ccccc3)[C@H](c3ccccc3)N(Cc3cc(C(C)(C)C)cc(C(C)(C)C)c3)[P+]2=O)cc(C(C)(C)C)c1. The minimum atomic E-state index is -1.90. The molecule has 254 valence electrons. The molecule has 0 radical (unpaired) electrons. The van der Waals surface area contributed by atoms with Crippen molar-refractivity contribution in [3.05, 3.63) is 142 Å². The van der Waals surface area contributed by atoms with Gasteiger partial charge in [0.25, 0.3) is 0 Å². The Balaban J connectivity index is 1.68. The molecule has 0 aliphatic carbocycles. The molecule has 1 heterocycles. The molecule has 0 N–H and O–H groups in total. The summed E-state index contributed by atoms with van der Waals surface area (Å²) in [7, 11) is -1.90. The number of hydrogen-bond acceptors (Lipinski definition) is 1. The fourth-order valence-corrected chi connectivity index (χ4v) is 8.49. The van der Waals surface area contributed by atoms with Crippen molar-refractivity contribution < 1.29 is 4.57 Å². The Morgan fingerprint density at radius 2 is 0.729 bits per heavy atom. The van der Waals surface area contributed by atoms with Gasteiger partial charge >= 0.3 is 8.10 Å². The van der Waals surface area contributed by atoms with Gasteiger partial charge < -0.3 is 0 Å². The van der Waals surface area contributed by atoms with Gasteiger partial charge in [0.2, 0.25) is 0 Å². The highest BCUT2D eigenvalue weighted by molar-refractivity contribution is 7.39. The molecule has 4 aromatic carbocycles. The lowest BCUT2D eigenvalue weighted by atomic mass is 9.79. The first-order chi connectivity index (χ1) is 22.2. The van der Waals surface area contributed by atoms with Crippen molar-refractivity contribution in [2.75, 3.05) is 0 Å². The highest BCUT2D eigenvalue weighted by Gasteiger charge is 2.58. The molecule has 1 aliphatic heterocycles. The Morgan fingerprint density at radius 3 is 0.979 bits per heavy atom. The molecule has 0 bridgehead atoms. The topological polar surface area (TPSA) is 23.6 Å². The molecule has 4 aromatic rings. The van der Waals surface area contributed by atoms with Crippen molar-refractivity contribution in [2.45, 2.75) is 130 Å². The van der Waals surface area contributed by atoms with Gasteiger partial charge in [0.15, 0.2) is 0 Å². The first kappa shape index (κ1) is 36.2. The molecule has 48 heavy (non-hydrogen) atoms. The Kier molecular flexibility index (Phi) is 10.0. The number of nitrogens with zero attached hydrogens (tertiary/aromatic N) is 2. The molecule has 1 saturated heterocycles. The Bertz CT molecular complexity index is 1540. The van der Waals surface area contributed by atoms with E-state index < -0.39 is 8.10 Å². The van der Waals surface area contributed by atoms with Gasteiger partial charge in [-0.2, -0.15) is 0 Å². The van der Waals surface area contributed by atoms with Crippen LogP contribution in [0.5, 0.6) is 0 Å². The predicted molar refractivity (Wildman–Crippen MR) is 205 cm³/mol. The molecule has 0 saturated carbocycles. The first-order valence-electron chi connectivity index (χ1n) is 17.6. The number of hydrogen-bond donors (Lipinski definition) is 0. The van der Waals surface area contributed by atoms with Crippen LogP contribution in [0.2, 0.25) is 0 Å². The zero-order chi connectivity index (χ0) is 35.2. The standard InChI is InChI=1S/C44H58N2OP/c1-41(2,3)35-23-31(24-36(27-35)42(4,5)6)29-45-39(33-19-15-13-16-20-33)40(34-21-17-14-18-22-34)46(48(45)47)30-32-25-37(43(7,8)9)28-38(26-32)44(10,11)12/h13-28,39-40H,29-30H2,1-12H3/q+1/t39-,40-/m0/s1. The summed E-state index contributed by atoms with van der Waals surface area (Å²) in [6, 6.07) is 35.4. The maximum Gasteiger partial charge on any atom is 0.539 e. The van der Waals surface area contributed by atoms with Crippen LogP contribution in [0.15, 0.2) is 97.1 Å². The third-order valence-corrected chi connectivity index (χ3v) is 11.5. The average Bonchev–Trinajstić information content (AvgIpc) is 3.26. The quantitative estimate of drug-likeness (QED) is 0.192.